The molecule has 0 aliphatic heterocycles. The number of carbonyl (C=O) groups excluding carboxylic acids is 1. The van der Waals surface area contributed by atoms with Crippen LogP contribution in [0.1, 0.15) is 16.7 Å². The van der Waals surface area contributed by atoms with Crippen LogP contribution in [0.15, 0.2) is 76.7 Å². The molecule has 3 rings (SSSR count). The first-order valence-electron chi connectivity index (χ1n) is 10.7. The summed E-state index contributed by atoms with van der Waals surface area (Å²) in [5.74, 6) is -0.591. The van der Waals surface area contributed by atoms with Crippen molar-refractivity contribution < 1.29 is 13.2 Å². The molecule has 0 spiro atoms. The zero-order chi connectivity index (χ0) is 25.6. The highest BCUT2D eigenvalue weighted by atomic mass is 35.5. The van der Waals surface area contributed by atoms with Crippen LogP contribution in [0.5, 0.6) is 0 Å². The van der Waals surface area contributed by atoms with E-state index in [0.29, 0.717) is 15.6 Å². The third kappa shape index (κ3) is 7.29. The molecule has 0 saturated carbocycles. The van der Waals surface area contributed by atoms with E-state index in [2.05, 4.69) is 10.5 Å². The van der Waals surface area contributed by atoms with E-state index in [1.807, 2.05) is 50.2 Å². The fraction of sp³-hybridized carbons (Fsp3) is 0.200. The van der Waals surface area contributed by atoms with E-state index in [1.165, 1.54) is 24.4 Å². The monoisotopic (exact) mass is 532 g/mol. The molecule has 0 aliphatic carbocycles. The number of carbonyl (C=O) groups is 1. The average Bonchev–Trinajstić information content (AvgIpc) is 2.81. The van der Waals surface area contributed by atoms with Gasteiger partial charge in [-0.25, -0.2) is 13.8 Å². The van der Waals surface area contributed by atoms with E-state index in [9.17, 15) is 13.2 Å². The summed E-state index contributed by atoms with van der Waals surface area (Å²) < 4.78 is 27.8. The molecule has 0 bridgehead atoms. The Labute approximate surface area is 216 Å². The summed E-state index contributed by atoms with van der Waals surface area (Å²) in [6.45, 7) is 1.29. The molecule has 1 amide bonds. The molecule has 0 atom stereocenters. The van der Waals surface area contributed by atoms with Crippen LogP contribution in [0.3, 0.4) is 0 Å². The Hall–Kier alpha value is -2.91. The van der Waals surface area contributed by atoms with Crippen LogP contribution in [0.4, 0.5) is 5.69 Å². The molecule has 35 heavy (non-hydrogen) atoms. The molecule has 0 saturated heterocycles. The standard InChI is InChI=1S/C25H26Cl2N4O3S/c1-18-4-12-23(13-5-18)35(33,34)31(16-20-8-9-21(26)14-24(20)27)17-25(32)29-28-15-19-6-10-22(11-7-19)30(2)3/h4-15H,16-17H2,1-3H3,(H,29,32)/b28-15-. The van der Waals surface area contributed by atoms with Crippen LogP contribution >= 0.6 is 23.2 Å². The predicted molar refractivity (Wildman–Crippen MR) is 142 cm³/mol. The average molecular weight is 533 g/mol. The summed E-state index contributed by atoms with van der Waals surface area (Å²) in [6.07, 6.45) is 1.49. The summed E-state index contributed by atoms with van der Waals surface area (Å²) in [5.41, 5.74) is 5.65. The number of halogens is 2. The van der Waals surface area contributed by atoms with Gasteiger partial charge in [-0.3, -0.25) is 4.79 Å². The van der Waals surface area contributed by atoms with Gasteiger partial charge in [0.15, 0.2) is 0 Å². The Balaban J connectivity index is 1.78. The van der Waals surface area contributed by atoms with E-state index in [4.69, 9.17) is 23.2 Å². The number of benzene rings is 3. The zero-order valence-corrected chi connectivity index (χ0v) is 21.9. The van der Waals surface area contributed by atoms with Crippen molar-refractivity contribution >= 4 is 51.0 Å². The molecule has 0 fully saturated rings. The number of aryl methyl sites for hydroxylation is 1. The molecule has 0 heterocycles. The Morgan fingerprint density at radius 1 is 1.00 bits per heavy atom. The molecule has 0 aromatic heterocycles. The van der Waals surface area contributed by atoms with Gasteiger partial charge in [-0.15, -0.1) is 0 Å². The summed E-state index contributed by atoms with van der Waals surface area (Å²) in [7, 11) is -0.121. The van der Waals surface area contributed by atoms with Crippen LogP contribution in [0, 0.1) is 6.92 Å². The quantitative estimate of drug-likeness (QED) is 0.319. The number of rotatable bonds is 9. The number of anilines is 1. The second-order valence-electron chi connectivity index (χ2n) is 8.10. The molecular formula is C25H26Cl2N4O3S. The molecule has 0 radical (unpaired) electrons. The van der Waals surface area contributed by atoms with Gasteiger partial charge in [0, 0.05) is 36.4 Å². The lowest BCUT2D eigenvalue weighted by Gasteiger charge is -2.22. The summed E-state index contributed by atoms with van der Waals surface area (Å²) >= 11 is 12.2. The van der Waals surface area contributed by atoms with E-state index in [0.717, 1.165) is 21.1 Å². The lowest BCUT2D eigenvalue weighted by molar-refractivity contribution is -0.121. The maximum absolute atomic E-state index is 13.4. The van der Waals surface area contributed by atoms with Crippen LogP contribution < -0.4 is 10.3 Å². The number of nitrogens with one attached hydrogen (secondary N) is 1. The normalized spacial score (nSPS) is 11.7. The highest BCUT2D eigenvalue weighted by Gasteiger charge is 2.27. The van der Waals surface area contributed by atoms with Gasteiger partial charge in [0.25, 0.3) is 5.91 Å². The molecule has 184 valence electrons. The Morgan fingerprint density at radius 3 is 2.26 bits per heavy atom. The van der Waals surface area contributed by atoms with Gasteiger partial charge in [0.2, 0.25) is 10.0 Å². The Bertz CT molecular complexity index is 1310. The number of hydrazone groups is 1. The molecule has 10 heteroatoms. The van der Waals surface area contributed by atoms with Gasteiger partial charge < -0.3 is 4.90 Å². The van der Waals surface area contributed by atoms with Gasteiger partial charge in [-0.2, -0.15) is 9.41 Å². The lowest BCUT2D eigenvalue weighted by Crippen LogP contribution is -2.39. The number of nitrogens with zero attached hydrogens (tertiary/aromatic N) is 3. The van der Waals surface area contributed by atoms with Crippen LogP contribution in [0.2, 0.25) is 10.0 Å². The van der Waals surface area contributed by atoms with Gasteiger partial charge in [-0.05, 0) is 54.4 Å². The van der Waals surface area contributed by atoms with E-state index in [-0.39, 0.29) is 11.4 Å². The van der Waals surface area contributed by atoms with Crippen molar-refractivity contribution in [2.24, 2.45) is 5.10 Å². The van der Waals surface area contributed by atoms with Gasteiger partial charge in [0.1, 0.15) is 0 Å². The fourth-order valence-corrected chi connectivity index (χ4v) is 5.00. The van der Waals surface area contributed by atoms with Crippen LogP contribution in [0.25, 0.3) is 0 Å². The SMILES string of the molecule is Cc1ccc(S(=O)(=O)N(CC(=O)N/N=C\c2ccc(N(C)C)cc2)Cc2ccc(Cl)cc2Cl)cc1. The van der Waals surface area contributed by atoms with Crippen molar-refractivity contribution in [1.29, 1.82) is 0 Å². The maximum Gasteiger partial charge on any atom is 0.255 e. The molecule has 7 nitrogen and oxygen atoms in total. The second kappa shape index (κ2) is 11.7. The highest BCUT2D eigenvalue weighted by Crippen LogP contribution is 2.25. The largest absolute Gasteiger partial charge is 0.378 e. The third-order valence-electron chi connectivity index (χ3n) is 5.15. The van der Waals surface area contributed by atoms with Gasteiger partial charge >= 0.3 is 0 Å². The minimum absolute atomic E-state index is 0.0745. The minimum atomic E-state index is -4.00. The Morgan fingerprint density at radius 2 is 1.66 bits per heavy atom. The number of sulfonamides is 1. The summed E-state index contributed by atoms with van der Waals surface area (Å²) in [4.78, 5) is 14.7. The third-order valence-corrected chi connectivity index (χ3v) is 7.55. The van der Waals surface area contributed by atoms with Crippen molar-refractivity contribution in [3.63, 3.8) is 0 Å². The number of hydrogen-bond donors (Lipinski definition) is 1. The number of hydrogen-bond acceptors (Lipinski definition) is 5. The molecule has 0 aliphatic rings. The molecule has 1 N–H and O–H groups in total. The first-order valence-corrected chi connectivity index (χ1v) is 12.9. The van der Waals surface area contributed by atoms with Gasteiger partial charge in [-0.1, -0.05) is 59.1 Å². The summed E-state index contributed by atoms with van der Waals surface area (Å²) in [6, 6.07) is 18.8. The molecule has 0 unspecified atom stereocenters. The molecular weight excluding hydrogens is 507 g/mol. The van der Waals surface area contributed by atoms with Crippen molar-refractivity contribution in [3.05, 3.63) is 93.5 Å². The predicted octanol–water partition coefficient (Wildman–Crippen LogP) is 4.71. The first kappa shape index (κ1) is 26.7. The first-order chi connectivity index (χ1) is 16.6. The topological polar surface area (TPSA) is 82.1 Å². The second-order valence-corrected chi connectivity index (χ2v) is 10.9. The van der Waals surface area contributed by atoms with Crippen molar-refractivity contribution in [1.82, 2.24) is 9.73 Å². The van der Waals surface area contributed by atoms with Crippen molar-refractivity contribution in [2.75, 3.05) is 25.5 Å². The summed E-state index contributed by atoms with van der Waals surface area (Å²) in [5, 5.41) is 4.70. The van der Waals surface area contributed by atoms with Crippen LogP contribution in [-0.4, -0.2) is 45.5 Å². The highest BCUT2D eigenvalue weighted by molar-refractivity contribution is 7.89. The van der Waals surface area contributed by atoms with Crippen LogP contribution in [-0.2, 0) is 21.4 Å². The van der Waals surface area contributed by atoms with E-state index in [1.54, 1.807) is 24.3 Å². The molecule has 3 aromatic carbocycles. The smallest absolute Gasteiger partial charge is 0.255 e. The van der Waals surface area contributed by atoms with Crippen molar-refractivity contribution in [3.8, 4) is 0 Å². The zero-order valence-electron chi connectivity index (χ0n) is 19.6. The Kier molecular flexibility index (Phi) is 8.91. The van der Waals surface area contributed by atoms with E-state index < -0.39 is 22.5 Å². The van der Waals surface area contributed by atoms with Gasteiger partial charge in [0.05, 0.1) is 17.7 Å². The maximum atomic E-state index is 13.4. The number of amides is 1. The van der Waals surface area contributed by atoms with E-state index >= 15 is 0 Å². The lowest BCUT2D eigenvalue weighted by atomic mass is 10.2. The minimum Gasteiger partial charge on any atom is -0.378 e. The van der Waals surface area contributed by atoms with Crippen molar-refractivity contribution in [2.45, 2.75) is 18.4 Å². The fourth-order valence-electron chi connectivity index (χ4n) is 3.16. The molecule has 3 aromatic rings.